The van der Waals surface area contributed by atoms with Gasteiger partial charge < -0.3 is 5.11 Å². The van der Waals surface area contributed by atoms with Gasteiger partial charge in [-0.25, -0.2) is 0 Å². The Balaban J connectivity index is 1.62. The van der Waals surface area contributed by atoms with E-state index in [4.69, 9.17) is 0 Å². The highest BCUT2D eigenvalue weighted by molar-refractivity contribution is 5.45. The number of hydrogen-bond donors (Lipinski definition) is 1. The second-order valence-corrected chi connectivity index (χ2v) is 8.88. The molecule has 25 heavy (non-hydrogen) atoms. The molecule has 3 atom stereocenters. The van der Waals surface area contributed by atoms with Gasteiger partial charge in [-0.05, 0) is 80.3 Å². The minimum atomic E-state index is 0.362. The molecule has 0 amide bonds. The van der Waals surface area contributed by atoms with E-state index in [-0.39, 0.29) is 0 Å². The van der Waals surface area contributed by atoms with Crippen molar-refractivity contribution in [2.45, 2.75) is 83.1 Å². The normalized spacial score (nSPS) is 31.6. The summed E-state index contributed by atoms with van der Waals surface area (Å²) >= 11 is 0. The molecule has 1 N–H and O–H groups in total. The van der Waals surface area contributed by atoms with Gasteiger partial charge >= 0.3 is 0 Å². The van der Waals surface area contributed by atoms with E-state index >= 15 is 0 Å². The topological polar surface area (TPSA) is 23.5 Å². The molecule has 4 rings (SSSR count). The van der Waals surface area contributed by atoms with Crippen LogP contribution in [0.4, 0.5) is 0 Å². The largest absolute Gasteiger partial charge is 0.508 e. The van der Waals surface area contributed by atoms with E-state index in [1.807, 2.05) is 6.07 Å². The minimum Gasteiger partial charge on any atom is -0.508 e. The van der Waals surface area contributed by atoms with Crippen molar-refractivity contribution in [3.63, 3.8) is 0 Å². The number of hydrogen-bond acceptors (Lipinski definition) is 2. The van der Waals surface area contributed by atoms with Gasteiger partial charge in [0, 0.05) is 11.5 Å². The highest BCUT2D eigenvalue weighted by Crippen LogP contribution is 2.56. The molecule has 1 aromatic carbocycles. The lowest BCUT2D eigenvalue weighted by Crippen LogP contribution is -2.61. The van der Waals surface area contributed by atoms with Crippen molar-refractivity contribution in [1.29, 1.82) is 0 Å². The zero-order chi connectivity index (χ0) is 17.4. The van der Waals surface area contributed by atoms with Crippen LogP contribution in [-0.2, 0) is 11.8 Å². The average molecular weight is 342 g/mol. The van der Waals surface area contributed by atoms with Gasteiger partial charge in [0.05, 0.1) is 0 Å². The van der Waals surface area contributed by atoms with Crippen LogP contribution < -0.4 is 0 Å². The fourth-order valence-corrected chi connectivity index (χ4v) is 6.40. The lowest BCUT2D eigenvalue weighted by Gasteiger charge is -2.59. The maximum atomic E-state index is 10.1. The highest BCUT2D eigenvalue weighted by Gasteiger charge is 2.53. The predicted molar refractivity (Wildman–Crippen MR) is 104 cm³/mol. The lowest BCUT2D eigenvalue weighted by atomic mass is 9.52. The molecule has 2 bridgehead atoms. The summed E-state index contributed by atoms with van der Waals surface area (Å²) in [6, 6.07) is 6.97. The Morgan fingerprint density at radius 2 is 2.04 bits per heavy atom. The number of phenols is 1. The molecule has 0 aromatic heterocycles. The Labute approximate surface area is 153 Å². The number of nitrogens with zero attached hydrogens (tertiary/aromatic N) is 1. The smallest absolute Gasteiger partial charge is 0.115 e. The van der Waals surface area contributed by atoms with Crippen LogP contribution in [0.3, 0.4) is 0 Å². The van der Waals surface area contributed by atoms with Crippen molar-refractivity contribution >= 4 is 0 Å². The molecule has 2 fully saturated rings. The molecule has 2 nitrogen and oxygen atoms in total. The second-order valence-electron chi connectivity index (χ2n) is 8.88. The first-order chi connectivity index (χ1) is 12.2. The molecular weight excluding hydrogens is 306 g/mol. The maximum absolute atomic E-state index is 10.1. The number of aromatic hydroxyl groups is 1. The zero-order valence-electron chi connectivity index (χ0n) is 16.1. The number of rotatable bonds is 5. The third-order valence-electron chi connectivity index (χ3n) is 7.91. The van der Waals surface area contributed by atoms with Gasteiger partial charge in [0.1, 0.15) is 5.75 Å². The van der Waals surface area contributed by atoms with Gasteiger partial charge in [-0.1, -0.05) is 45.6 Å². The van der Waals surface area contributed by atoms with Crippen LogP contribution in [0, 0.1) is 11.8 Å². The maximum Gasteiger partial charge on any atom is 0.115 e. The molecule has 3 aliphatic rings. The first-order valence-corrected chi connectivity index (χ1v) is 10.7. The summed E-state index contributed by atoms with van der Waals surface area (Å²) in [5.74, 6) is 2.17. The van der Waals surface area contributed by atoms with E-state index in [1.54, 1.807) is 0 Å². The number of fused-ring (bicyclic) bond motifs is 1. The summed E-state index contributed by atoms with van der Waals surface area (Å²) in [6.45, 7) is 7.24. The molecule has 2 aliphatic carbocycles. The monoisotopic (exact) mass is 341 g/mol. The van der Waals surface area contributed by atoms with Gasteiger partial charge in [-0.15, -0.1) is 0 Å². The molecule has 0 spiro atoms. The summed E-state index contributed by atoms with van der Waals surface area (Å²) in [7, 11) is 0. The quantitative estimate of drug-likeness (QED) is 0.788. The Morgan fingerprint density at radius 1 is 1.20 bits per heavy atom. The van der Waals surface area contributed by atoms with Gasteiger partial charge in [-0.3, -0.25) is 4.90 Å². The molecule has 138 valence electrons. The van der Waals surface area contributed by atoms with Crippen molar-refractivity contribution in [1.82, 2.24) is 4.90 Å². The molecule has 1 saturated carbocycles. The molecule has 1 aliphatic heterocycles. The number of benzene rings is 1. The van der Waals surface area contributed by atoms with Gasteiger partial charge in [0.15, 0.2) is 0 Å². The zero-order valence-corrected chi connectivity index (χ0v) is 16.1. The Bertz CT molecular complexity index is 608. The standard InChI is InChI=1S/C23H35NO/c1-3-17(4-2)10-13-24-14-12-23-11-6-5-7-20(23)22(24)15-18-8-9-19(25)16-21(18)23/h8-9,16-17,20,22,25H,3-7,10-15H2,1-2H3/t20-,22-,23+/m0/s1. The summed E-state index contributed by atoms with van der Waals surface area (Å²) in [5.41, 5.74) is 3.39. The van der Waals surface area contributed by atoms with Gasteiger partial charge in [-0.2, -0.15) is 0 Å². The molecule has 1 aromatic rings. The summed E-state index contributed by atoms with van der Waals surface area (Å²) in [5, 5.41) is 10.1. The first kappa shape index (κ1) is 17.4. The van der Waals surface area contributed by atoms with Crippen LogP contribution in [0.2, 0.25) is 0 Å². The molecular formula is C23H35NO. The summed E-state index contributed by atoms with van der Waals surface area (Å²) < 4.78 is 0. The fraction of sp³-hybridized carbons (Fsp3) is 0.739. The molecule has 1 saturated heterocycles. The Hall–Kier alpha value is -1.02. The predicted octanol–water partition coefficient (Wildman–Crippen LogP) is 5.28. The molecule has 1 heterocycles. The van der Waals surface area contributed by atoms with E-state index in [0.717, 1.165) is 17.9 Å². The van der Waals surface area contributed by atoms with E-state index in [1.165, 1.54) is 82.0 Å². The average Bonchev–Trinajstić information content (AvgIpc) is 2.64. The van der Waals surface area contributed by atoms with E-state index in [9.17, 15) is 5.11 Å². The third kappa shape index (κ3) is 2.91. The molecule has 2 heteroatoms. The highest BCUT2D eigenvalue weighted by atomic mass is 16.3. The molecule has 0 radical (unpaired) electrons. The van der Waals surface area contributed by atoms with Crippen molar-refractivity contribution in [2.24, 2.45) is 11.8 Å². The molecule has 0 unspecified atom stereocenters. The number of likely N-dealkylation sites (tertiary alicyclic amines) is 1. The fourth-order valence-electron chi connectivity index (χ4n) is 6.40. The van der Waals surface area contributed by atoms with Crippen LogP contribution in [0.1, 0.15) is 76.3 Å². The van der Waals surface area contributed by atoms with Gasteiger partial charge in [0.2, 0.25) is 0 Å². The second kappa shape index (κ2) is 6.95. The van der Waals surface area contributed by atoms with Crippen molar-refractivity contribution < 1.29 is 5.11 Å². The van der Waals surface area contributed by atoms with Crippen LogP contribution in [0.5, 0.6) is 5.75 Å². The van der Waals surface area contributed by atoms with Crippen LogP contribution in [0.15, 0.2) is 18.2 Å². The van der Waals surface area contributed by atoms with Crippen LogP contribution in [0.25, 0.3) is 0 Å². The van der Waals surface area contributed by atoms with Crippen molar-refractivity contribution in [3.05, 3.63) is 29.3 Å². The lowest BCUT2D eigenvalue weighted by molar-refractivity contribution is -0.0137. The SMILES string of the molecule is CCC(CC)CCN1CC[C@]23CCCC[C@H]2[C@@H]1Cc1ccc(O)cc13. The van der Waals surface area contributed by atoms with E-state index in [0.29, 0.717) is 11.2 Å². The number of phenolic OH excluding ortho intramolecular Hbond substituents is 1. The van der Waals surface area contributed by atoms with Gasteiger partial charge in [0.25, 0.3) is 0 Å². The minimum absolute atomic E-state index is 0.362. The third-order valence-corrected chi connectivity index (χ3v) is 7.91. The first-order valence-electron chi connectivity index (χ1n) is 10.7. The Morgan fingerprint density at radius 3 is 2.84 bits per heavy atom. The van der Waals surface area contributed by atoms with Crippen LogP contribution in [-0.4, -0.2) is 29.1 Å². The van der Waals surface area contributed by atoms with E-state index in [2.05, 4.69) is 30.9 Å². The summed E-state index contributed by atoms with van der Waals surface area (Å²) in [4.78, 5) is 2.85. The van der Waals surface area contributed by atoms with Crippen LogP contribution >= 0.6 is 0 Å². The number of piperidine rings is 1. The van der Waals surface area contributed by atoms with Crippen molar-refractivity contribution in [2.75, 3.05) is 13.1 Å². The summed E-state index contributed by atoms with van der Waals surface area (Å²) in [6.07, 6.45) is 12.0. The van der Waals surface area contributed by atoms with Crippen molar-refractivity contribution in [3.8, 4) is 5.75 Å². The Kier molecular flexibility index (Phi) is 4.83. The van der Waals surface area contributed by atoms with E-state index < -0.39 is 0 Å².